The fourth-order valence-electron chi connectivity index (χ4n) is 2.59. The van der Waals surface area contributed by atoms with Crippen LogP contribution in [0, 0.1) is 0 Å². The SMILES string of the molecule is CCN(CC)c1ccc2cc3cc/c(=N\F)cc-3sc2c1. The zero-order valence-electron chi connectivity index (χ0n) is 12.1. The average molecular weight is 300 g/mol. The largest absolute Gasteiger partial charge is 0.372 e. The fourth-order valence-corrected chi connectivity index (χ4v) is 3.67. The molecule has 0 radical (unpaired) electrons. The summed E-state index contributed by atoms with van der Waals surface area (Å²) >= 11 is 1.68. The summed E-state index contributed by atoms with van der Waals surface area (Å²) in [6.07, 6.45) is 0. The Balaban J connectivity index is 2.20. The molecule has 1 aliphatic carbocycles. The molecule has 0 spiro atoms. The van der Waals surface area contributed by atoms with E-state index >= 15 is 0 Å². The predicted molar refractivity (Wildman–Crippen MR) is 88.7 cm³/mol. The van der Waals surface area contributed by atoms with Crippen LogP contribution in [0.25, 0.3) is 20.5 Å². The van der Waals surface area contributed by atoms with Gasteiger partial charge in [-0.25, -0.2) is 0 Å². The van der Waals surface area contributed by atoms with Crippen LogP contribution >= 0.6 is 11.3 Å². The van der Waals surface area contributed by atoms with Crippen LogP contribution in [0.3, 0.4) is 0 Å². The molecule has 1 aromatic rings. The van der Waals surface area contributed by atoms with Crippen molar-refractivity contribution in [3.05, 3.63) is 47.8 Å². The summed E-state index contributed by atoms with van der Waals surface area (Å²) in [5, 5.41) is 4.36. The molecule has 0 aromatic heterocycles. The molecule has 0 atom stereocenters. The van der Waals surface area contributed by atoms with E-state index in [1.807, 2.05) is 6.07 Å². The predicted octanol–water partition coefficient (Wildman–Crippen LogP) is 4.64. The third-order valence-electron chi connectivity index (χ3n) is 3.75. The van der Waals surface area contributed by atoms with E-state index < -0.39 is 0 Å². The van der Waals surface area contributed by atoms with E-state index in [-0.39, 0.29) is 0 Å². The second-order valence-electron chi connectivity index (χ2n) is 4.95. The van der Waals surface area contributed by atoms with Crippen molar-refractivity contribution in [2.45, 2.75) is 13.8 Å². The highest BCUT2D eigenvalue weighted by molar-refractivity contribution is 7.21. The first-order valence-corrected chi connectivity index (χ1v) is 7.94. The molecule has 3 rings (SSSR count). The Labute approximate surface area is 127 Å². The Morgan fingerprint density at radius 1 is 1.05 bits per heavy atom. The van der Waals surface area contributed by atoms with Crippen LogP contribution in [-0.4, -0.2) is 13.1 Å². The van der Waals surface area contributed by atoms with Crippen molar-refractivity contribution in [3.8, 4) is 10.4 Å². The lowest BCUT2D eigenvalue weighted by atomic mass is 10.1. The number of rotatable bonds is 3. The smallest absolute Gasteiger partial charge is 0.0975 e. The Morgan fingerprint density at radius 2 is 1.86 bits per heavy atom. The minimum Gasteiger partial charge on any atom is -0.372 e. The molecule has 0 saturated heterocycles. The van der Waals surface area contributed by atoms with Crippen molar-refractivity contribution in [1.82, 2.24) is 0 Å². The van der Waals surface area contributed by atoms with Crippen LogP contribution < -0.4 is 10.3 Å². The van der Waals surface area contributed by atoms with Gasteiger partial charge in [0.15, 0.2) is 0 Å². The summed E-state index contributed by atoms with van der Waals surface area (Å²) in [5.41, 5.74) is 2.35. The number of hydrogen-bond donors (Lipinski definition) is 0. The molecular weight excluding hydrogens is 283 g/mol. The zero-order chi connectivity index (χ0) is 14.8. The van der Waals surface area contributed by atoms with Gasteiger partial charge in [0.2, 0.25) is 0 Å². The molecule has 4 heteroatoms. The van der Waals surface area contributed by atoms with Crippen molar-refractivity contribution in [1.29, 1.82) is 0 Å². The maximum absolute atomic E-state index is 12.5. The topological polar surface area (TPSA) is 15.6 Å². The summed E-state index contributed by atoms with van der Waals surface area (Å²) in [5.74, 6) is 0. The minimum absolute atomic E-state index is 0.373. The van der Waals surface area contributed by atoms with Crippen molar-refractivity contribution in [2.75, 3.05) is 18.0 Å². The van der Waals surface area contributed by atoms with Gasteiger partial charge >= 0.3 is 0 Å². The normalized spacial score (nSPS) is 12.2. The summed E-state index contributed by atoms with van der Waals surface area (Å²) in [6.45, 7) is 6.30. The third kappa shape index (κ3) is 2.63. The molecule has 1 heterocycles. The van der Waals surface area contributed by atoms with E-state index in [1.54, 1.807) is 23.5 Å². The van der Waals surface area contributed by atoms with E-state index in [0.717, 1.165) is 23.5 Å². The zero-order valence-corrected chi connectivity index (χ0v) is 13.0. The summed E-state index contributed by atoms with van der Waals surface area (Å²) in [6, 6.07) is 14.1. The van der Waals surface area contributed by atoms with Crippen molar-refractivity contribution in [3.63, 3.8) is 0 Å². The molecule has 2 nitrogen and oxygen atoms in total. The van der Waals surface area contributed by atoms with Crippen molar-refractivity contribution in [2.24, 2.45) is 5.21 Å². The second-order valence-corrected chi connectivity index (χ2v) is 6.03. The lowest BCUT2D eigenvalue weighted by Gasteiger charge is -2.21. The standard InChI is InChI=1S/C17H17FN2S/c1-3-20(4-2)15-8-6-13-9-12-5-7-14(19-18)10-16(12)21-17(13)11-15/h5-11H,3-4H2,1-2H3/b19-14+. The van der Waals surface area contributed by atoms with Gasteiger partial charge in [-0.3, -0.25) is 0 Å². The van der Waals surface area contributed by atoms with Gasteiger partial charge in [-0.15, -0.1) is 11.3 Å². The number of fused-ring (bicyclic) bond motifs is 2. The maximum atomic E-state index is 12.5. The van der Waals surface area contributed by atoms with Crippen LogP contribution in [0.15, 0.2) is 47.7 Å². The van der Waals surface area contributed by atoms with Crippen LogP contribution in [0.2, 0.25) is 0 Å². The number of hydrogen-bond acceptors (Lipinski definition) is 3. The van der Waals surface area contributed by atoms with E-state index in [2.05, 4.69) is 48.2 Å². The Bertz CT molecular complexity index is 805. The van der Waals surface area contributed by atoms with Crippen molar-refractivity contribution >= 4 is 27.1 Å². The van der Waals surface area contributed by atoms with Crippen molar-refractivity contribution < 1.29 is 4.48 Å². The van der Waals surface area contributed by atoms with Gasteiger partial charge in [-0.2, -0.15) is 0 Å². The summed E-state index contributed by atoms with van der Waals surface area (Å²) in [7, 11) is 0. The summed E-state index contributed by atoms with van der Waals surface area (Å²) in [4.78, 5) is 3.38. The summed E-state index contributed by atoms with van der Waals surface area (Å²) < 4.78 is 13.7. The molecular formula is C17H17FN2S. The lowest BCUT2D eigenvalue weighted by Crippen LogP contribution is -2.21. The molecule has 0 unspecified atom stereocenters. The molecule has 0 amide bonds. The number of halogens is 1. The number of benzene rings is 2. The maximum Gasteiger partial charge on any atom is 0.0975 e. The van der Waals surface area contributed by atoms with Gasteiger partial charge in [0.1, 0.15) is 0 Å². The monoisotopic (exact) mass is 300 g/mol. The van der Waals surface area contributed by atoms with Gasteiger partial charge in [0.05, 0.1) is 5.36 Å². The molecule has 0 saturated carbocycles. The highest BCUT2D eigenvalue weighted by atomic mass is 32.1. The van der Waals surface area contributed by atoms with E-state index in [9.17, 15) is 4.48 Å². The highest BCUT2D eigenvalue weighted by Crippen LogP contribution is 2.34. The molecule has 1 aromatic carbocycles. The molecule has 0 bridgehead atoms. The quantitative estimate of drug-likeness (QED) is 0.644. The van der Waals surface area contributed by atoms with Crippen LogP contribution in [0.5, 0.6) is 0 Å². The van der Waals surface area contributed by atoms with Crippen LogP contribution in [0.4, 0.5) is 10.2 Å². The van der Waals surface area contributed by atoms with Gasteiger partial charge in [0.25, 0.3) is 0 Å². The Hall–Kier alpha value is -1.94. The number of anilines is 1. The second kappa shape index (κ2) is 5.82. The fraction of sp³-hybridized carbons (Fsp3) is 0.235. The molecule has 0 fully saturated rings. The van der Waals surface area contributed by atoms with Crippen LogP contribution in [0.1, 0.15) is 13.8 Å². The van der Waals surface area contributed by atoms with E-state index in [0.29, 0.717) is 5.36 Å². The first-order valence-electron chi connectivity index (χ1n) is 7.12. The lowest BCUT2D eigenvalue weighted by molar-refractivity contribution is 0.512. The first kappa shape index (κ1) is 14.0. The van der Waals surface area contributed by atoms with Gasteiger partial charge < -0.3 is 4.90 Å². The van der Waals surface area contributed by atoms with Gasteiger partial charge in [-0.05, 0) is 55.1 Å². The Kier molecular flexibility index (Phi) is 3.88. The minimum atomic E-state index is 0.373. The third-order valence-corrected chi connectivity index (χ3v) is 4.90. The van der Waals surface area contributed by atoms with Crippen LogP contribution in [-0.2, 0) is 0 Å². The average Bonchev–Trinajstić information content (AvgIpc) is 2.53. The first-order chi connectivity index (χ1) is 10.2. The molecule has 0 N–H and O–H groups in total. The molecule has 1 aliphatic heterocycles. The Morgan fingerprint density at radius 3 is 2.57 bits per heavy atom. The molecule has 2 aliphatic rings. The van der Waals surface area contributed by atoms with Gasteiger partial charge in [-0.1, -0.05) is 21.8 Å². The highest BCUT2D eigenvalue weighted by Gasteiger charge is 2.08. The van der Waals surface area contributed by atoms with Gasteiger partial charge in [0, 0.05) is 28.4 Å². The molecule has 108 valence electrons. The molecule has 21 heavy (non-hydrogen) atoms. The van der Waals surface area contributed by atoms with E-state index in [1.165, 1.54) is 15.8 Å². The van der Waals surface area contributed by atoms with E-state index in [4.69, 9.17) is 0 Å². The number of nitrogens with zero attached hydrogens (tertiary/aromatic N) is 2.